The van der Waals surface area contributed by atoms with E-state index in [1.54, 1.807) is 18.3 Å². The fraction of sp³-hybridized carbons (Fsp3) is 0.385. The van der Waals surface area contributed by atoms with Crippen molar-refractivity contribution in [2.24, 2.45) is 0 Å². The largest absolute Gasteiger partial charge is 0.495 e. The molecule has 0 aliphatic carbocycles. The molecular formula is C26H29F6N3O7S. The number of nitrogens with one attached hydrogen (secondary N) is 1. The van der Waals surface area contributed by atoms with Crippen molar-refractivity contribution in [1.82, 2.24) is 14.2 Å². The van der Waals surface area contributed by atoms with E-state index in [4.69, 9.17) is 24.5 Å². The highest BCUT2D eigenvalue weighted by Crippen LogP contribution is 2.31. The minimum Gasteiger partial charge on any atom is -0.495 e. The van der Waals surface area contributed by atoms with E-state index >= 15 is 0 Å². The lowest BCUT2D eigenvalue weighted by molar-refractivity contribution is -0.193. The zero-order valence-electron chi connectivity index (χ0n) is 23.0. The predicted octanol–water partition coefficient (Wildman–Crippen LogP) is 4.26. The molecule has 1 fully saturated rings. The van der Waals surface area contributed by atoms with Crippen LogP contribution >= 0.6 is 0 Å². The van der Waals surface area contributed by atoms with Crippen molar-refractivity contribution in [2.75, 3.05) is 26.7 Å². The van der Waals surface area contributed by atoms with Crippen molar-refractivity contribution >= 4 is 32.9 Å². The molecule has 3 aromatic rings. The first-order valence-corrected chi connectivity index (χ1v) is 13.8. The summed E-state index contributed by atoms with van der Waals surface area (Å²) in [4.78, 5) is 20.4. The van der Waals surface area contributed by atoms with Gasteiger partial charge in [0.2, 0.25) is 0 Å². The Morgan fingerprint density at radius 1 is 1.02 bits per heavy atom. The number of ether oxygens (including phenoxy) is 1. The zero-order chi connectivity index (χ0) is 32.8. The summed E-state index contributed by atoms with van der Waals surface area (Å²) < 4.78 is 97.1. The second-order valence-electron chi connectivity index (χ2n) is 9.32. The zero-order valence-corrected chi connectivity index (χ0v) is 23.8. The number of alkyl halides is 6. The molecule has 4 rings (SSSR count). The van der Waals surface area contributed by atoms with Crippen LogP contribution in [0.3, 0.4) is 0 Å². The number of nitrogens with zero attached hydrogens (tertiary/aromatic N) is 2. The number of rotatable bonds is 5. The number of carbonyl (C=O) groups is 2. The Morgan fingerprint density at radius 3 is 2.12 bits per heavy atom. The number of aliphatic carboxylic acids is 2. The maximum absolute atomic E-state index is 13.4. The molecule has 3 N–H and O–H groups in total. The molecule has 10 nitrogen and oxygen atoms in total. The number of methoxy groups -OCH3 is 1. The van der Waals surface area contributed by atoms with E-state index in [1.165, 1.54) is 11.1 Å². The lowest BCUT2D eigenvalue weighted by Gasteiger charge is -2.32. The molecule has 17 heteroatoms. The predicted molar refractivity (Wildman–Crippen MR) is 142 cm³/mol. The van der Waals surface area contributed by atoms with E-state index in [9.17, 15) is 34.8 Å². The van der Waals surface area contributed by atoms with Crippen LogP contribution in [0.5, 0.6) is 5.75 Å². The van der Waals surface area contributed by atoms with Crippen molar-refractivity contribution in [3.8, 4) is 5.75 Å². The summed E-state index contributed by atoms with van der Waals surface area (Å²) in [5, 5.41) is 18.7. The molecule has 2 heterocycles. The molecule has 43 heavy (non-hydrogen) atoms. The van der Waals surface area contributed by atoms with Gasteiger partial charge in [0.25, 0.3) is 10.0 Å². The van der Waals surface area contributed by atoms with Crippen molar-refractivity contribution in [1.29, 1.82) is 0 Å². The maximum Gasteiger partial charge on any atom is 0.490 e. The monoisotopic (exact) mass is 641 g/mol. The van der Waals surface area contributed by atoms with Crippen molar-refractivity contribution < 1.29 is 59.3 Å². The van der Waals surface area contributed by atoms with E-state index in [1.807, 2.05) is 31.2 Å². The number of carboxylic acid groups (broad SMARTS) is 2. The Balaban J connectivity index is 0.000000384. The molecule has 1 aliphatic rings. The number of hydrogen-bond acceptors (Lipinski definition) is 7. The summed E-state index contributed by atoms with van der Waals surface area (Å²) >= 11 is 0. The second kappa shape index (κ2) is 14.1. The van der Waals surface area contributed by atoms with E-state index in [0.717, 1.165) is 42.7 Å². The van der Waals surface area contributed by atoms with Crippen molar-refractivity contribution in [3.63, 3.8) is 0 Å². The lowest BCUT2D eigenvalue weighted by Crippen LogP contribution is -2.48. The number of halogens is 6. The minimum absolute atomic E-state index is 0.179. The van der Waals surface area contributed by atoms with Gasteiger partial charge in [-0.25, -0.2) is 22.0 Å². The summed E-state index contributed by atoms with van der Waals surface area (Å²) in [6.45, 7) is 7.81. The van der Waals surface area contributed by atoms with Crippen LogP contribution in [0.15, 0.2) is 53.6 Å². The summed E-state index contributed by atoms with van der Waals surface area (Å²) in [7, 11) is -2.29. The molecule has 1 aliphatic heterocycles. The van der Waals surface area contributed by atoms with Crippen LogP contribution in [0, 0.1) is 6.92 Å². The maximum atomic E-state index is 13.4. The molecule has 2 aromatic carbocycles. The molecule has 0 saturated carbocycles. The van der Waals surface area contributed by atoms with Gasteiger partial charge in [-0.15, -0.1) is 0 Å². The summed E-state index contributed by atoms with van der Waals surface area (Å²) in [6, 6.07) is 13.4. The highest BCUT2D eigenvalue weighted by molar-refractivity contribution is 7.90. The standard InChI is InChI=1S/C22H27N3O3S.2C2HF3O2/c1-16-7-8-21(28-3)22(13-16)29(26,27)25-11-9-19-18(5-4-6-20(19)25)15-24-12-10-23-17(2)14-24;2*3-2(4,5)1(6)7/h4-9,11,13,17,23H,10,12,14-15H2,1-3H3;2*(H,6,7). The summed E-state index contributed by atoms with van der Waals surface area (Å²) in [5.41, 5.74) is 2.70. The third kappa shape index (κ3) is 9.59. The Morgan fingerprint density at radius 2 is 1.60 bits per heavy atom. The van der Waals surface area contributed by atoms with Crippen LogP contribution in [0.2, 0.25) is 0 Å². The van der Waals surface area contributed by atoms with Gasteiger partial charge in [-0.2, -0.15) is 26.3 Å². The molecule has 1 aromatic heterocycles. The first-order valence-electron chi connectivity index (χ1n) is 12.3. The molecule has 0 amide bonds. The fourth-order valence-corrected chi connectivity index (χ4v) is 5.63. The van der Waals surface area contributed by atoms with Gasteiger partial charge in [0, 0.05) is 43.8 Å². The van der Waals surface area contributed by atoms with Gasteiger partial charge < -0.3 is 20.3 Å². The number of fused-ring (bicyclic) bond motifs is 1. The second-order valence-corrected chi connectivity index (χ2v) is 11.1. The summed E-state index contributed by atoms with van der Waals surface area (Å²) in [5.74, 6) is -5.16. The number of carboxylic acids is 2. The molecule has 0 radical (unpaired) electrons. The number of piperazine rings is 1. The molecule has 0 bridgehead atoms. The van der Waals surface area contributed by atoms with Gasteiger partial charge in [0.05, 0.1) is 12.6 Å². The minimum atomic E-state index is -5.08. The summed E-state index contributed by atoms with van der Waals surface area (Å²) in [6.07, 6.45) is -8.52. The average molecular weight is 642 g/mol. The Labute approximate surface area is 242 Å². The van der Waals surface area contributed by atoms with Gasteiger partial charge in [0.15, 0.2) is 0 Å². The molecule has 238 valence electrons. The van der Waals surface area contributed by atoms with Crippen LogP contribution in [-0.2, 0) is 26.2 Å². The quantitative estimate of drug-likeness (QED) is 0.349. The first kappa shape index (κ1) is 35.4. The van der Waals surface area contributed by atoms with E-state index < -0.39 is 34.3 Å². The topological polar surface area (TPSA) is 138 Å². The van der Waals surface area contributed by atoms with Crippen LogP contribution in [-0.4, -0.2) is 84.6 Å². The highest BCUT2D eigenvalue weighted by Gasteiger charge is 2.39. The first-order chi connectivity index (χ1) is 19.8. The van der Waals surface area contributed by atoms with E-state index in [-0.39, 0.29) is 4.90 Å². The van der Waals surface area contributed by atoms with Crippen LogP contribution in [0.1, 0.15) is 18.1 Å². The van der Waals surface area contributed by atoms with Gasteiger partial charge in [0.1, 0.15) is 10.6 Å². The Kier molecular flexibility index (Phi) is 11.6. The van der Waals surface area contributed by atoms with Gasteiger partial charge >= 0.3 is 24.3 Å². The number of benzene rings is 2. The number of aryl methyl sites for hydroxylation is 1. The average Bonchev–Trinajstić information content (AvgIpc) is 3.34. The van der Waals surface area contributed by atoms with Gasteiger partial charge in [-0.05, 0) is 49.2 Å². The van der Waals surface area contributed by atoms with E-state index in [2.05, 4.69) is 23.2 Å². The van der Waals surface area contributed by atoms with Crippen LogP contribution < -0.4 is 10.1 Å². The third-order valence-electron chi connectivity index (χ3n) is 5.98. The Hall–Kier alpha value is -3.83. The highest BCUT2D eigenvalue weighted by atomic mass is 32.2. The van der Waals surface area contributed by atoms with Gasteiger partial charge in [-0.1, -0.05) is 18.2 Å². The van der Waals surface area contributed by atoms with Crippen molar-refractivity contribution in [2.45, 2.75) is 43.7 Å². The molecule has 1 atom stereocenters. The SMILES string of the molecule is COc1ccc(C)cc1S(=O)(=O)n1ccc2c(CN3CCNC(C)C3)cccc21.O=C(O)C(F)(F)F.O=C(O)C(F)(F)F. The Bertz CT molecular complexity index is 1510. The molecule has 1 unspecified atom stereocenters. The third-order valence-corrected chi connectivity index (χ3v) is 7.69. The fourth-order valence-electron chi connectivity index (χ4n) is 4.04. The number of aromatic nitrogens is 1. The van der Waals surface area contributed by atoms with Crippen LogP contribution in [0.25, 0.3) is 10.9 Å². The smallest absolute Gasteiger partial charge is 0.490 e. The normalized spacial score (nSPS) is 16.0. The lowest BCUT2D eigenvalue weighted by atomic mass is 10.1. The number of hydrogen-bond donors (Lipinski definition) is 3. The molecular weight excluding hydrogens is 612 g/mol. The van der Waals surface area contributed by atoms with Gasteiger partial charge in [-0.3, -0.25) is 4.90 Å². The van der Waals surface area contributed by atoms with Crippen molar-refractivity contribution in [3.05, 3.63) is 59.8 Å². The van der Waals surface area contributed by atoms with E-state index in [0.29, 0.717) is 17.3 Å². The van der Waals surface area contributed by atoms with Crippen LogP contribution in [0.4, 0.5) is 26.3 Å². The molecule has 1 saturated heterocycles. The molecule has 0 spiro atoms.